The Morgan fingerprint density at radius 3 is 2.58 bits per heavy atom. The number of carbonyl (C=O) groups excluding carboxylic acids is 2. The van der Waals surface area contributed by atoms with E-state index in [4.69, 9.17) is 9.72 Å². The Bertz CT molecular complexity index is 1490. The number of benzene rings is 2. The van der Waals surface area contributed by atoms with Gasteiger partial charge in [0, 0.05) is 15.8 Å². The summed E-state index contributed by atoms with van der Waals surface area (Å²) in [6.07, 6.45) is 3.93. The molecule has 6 heteroatoms. The number of thiophene rings is 1. The molecule has 0 fully saturated rings. The standard InChI is InChI=1S/C32H34N2O3S/c1-5-20-11-16-24-28(17-20)38-31(29(24)32(36)37-6-2)34-30(35)25-18-27(33-26-10-8-7-9-23(25)26)22-14-12-21(13-15-22)19(3)4/h7-10,12-15,18-20H,5-6,11,16-17H2,1-4H3,(H,34,35)/t20-/m1/s1. The van der Waals surface area contributed by atoms with Gasteiger partial charge < -0.3 is 10.1 Å². The summed E-state index contributed by atoms with van der Waals surface area (Å²) in [5, 5.41) is 4.46. The van der Waals surface area contributed by atoms with Gasteiger partial charge >= 0.3 is 5.97 Å². The zero-order valence-electron chi connectivity index (χ0n) is 22.5. The molecule has 5 nitrogen and oxygen atoms in total. The molecule has 0 saturated carbocycles. The third kappa shape index (κ3) is 5.10. The number of ether oxygens (including phenoxy) is 1. The van der Waals surface area contributed by atoms with Gasteiger partial charge in [-0.2, -0.15) is 0 Å². The average molecular weight is 527 g/mol. The molecule has 0 aliphatic heterocycles. The van der Waals surface area contributed by atoms with Crippen LogP contribution in [0, 0.1) is 5.92 Å². The van der Waals surface area contributed by atoms with Crippen LogP contribution in [0.1, 0.15) is 83.2 Å². The van der Waals surface area contributed by atoms with Crippen LogP contribution in [0.25, 0.3) is 22.2 Å². The third-order valence-corrected chi connectivity index (χ3v) is 8.66. The Morgan fingerprint density at radius 1 is 1.11 bits per heavy atom. The number of nitrogens with one attached hydrogen (secondary N) is 1. The van der Waals surface area contributed by atoms with Crippen LogP contribution in [0.4, 0.5) is 5.00 Å². The van der Waals surface area contributed by atoms with Gasteiger partial charge in [-0.3, -0.25) is 4.79 Å². The summed E-state index contributed by atoms with van der Waals surface area (Å²) >= 11 is 1.52. The first-order valence-electron chi connectivity index (χ1n) is 13.5. The lowest BCUT2D eigenvalue weighted by molar-refractivity contribution is 0.0526. The van der Waals surface area contributed by atoms with Crippen molar-refractivity contribution in [3.8, 4) is 11.3 Å². The van der Waals surface area contributed by atoms with Crippen molar-refractivity contribution in [1.82, 2.24) is 4.98 Å². The predicted molar refractivity (Wildman–Crippen MR) is 155 cm³/mol. The molecule has 5 rings (SSSR count). The quantitative estimate of drug-likeness (QED) is 0.248. The number of hydrogen-bond acceptors (Lipinski definition) is 5. The first kappa shape index (κ1) is 26.1. The van der Waals surface area contributed by atoms with E-state index in [2.05, 4.69) is 50.4 Å². The van der Waals surface area contributed by atoms with Crippen LogP contribution in [0.3, 0.4) is 0 Å². The van der Waals surface area contributed by atoms with Gasteiger partial charge in [-0.15, -0.1) is 11.3 Å². The van der Waals surface area contributed by atoms with Gasteiger partial charge in [-0.05, 0) is 61.3 Å². The van der Waals surface area contributed by atoms with Crippen molar-refractivity contribution < 1.29 is 14.3 Å². The number of aromatic nitrogens is 1. The van der Waals surface area contributed by atoms with E-state index >= 15 is 0 Å². The fourth-order valence-corrected chi connectivity index (χ4v) is 6.58. The normalized spacial score (nSPS) is 14.9. The second-order valence-corrected chi connectivity index (χ2v) is 11.4. The number of amides is 1. The highest BCUT2D eigenvalue weighted by atomic mass is 32.1. The Balaban J connectivity index is 1.55. The average Bonchev–Trinajstić information content (AvgIpc) is 3.29. The highest BCUT2D eigenvalue weighted by Gasteiger charge is 2.30. The van der Waals surface area contributed by atoms with Crippen LogP contribution in [-0.2, 0) is 17.6 Å². The van der Waals surface area contributed by atoms with E-state index in [1.807, 2.05) is 30.3 Å². The summed E-state index contributed by atoms with van der Waals surface area (Å²) in [6, 6.07) is 17.9. The summed E-state index contributed by atoms with van der Waals surface area (Å²) in [4.78, 5) is 32.9. The van der Waals surface area contributed by atoms with Gasteiger partial charge in [-0.1, -0.05) is 69.7 Å². The molecule has 1 aliphatic rings. The van der Waals surface area contributed by atoms with Crippen molar-refractivity contribution in [1.29, 1.82) is 0 Å². The number of carbonyl (C=O) groups is 2. The number of rotatable bonds is 7. The van der Waals surface area contributed by atoms with Crippen LogP contribution in [-0.4, -0.2) is 23.5 Å². The first-order chi connectivity index (χ1) is 18.4. The summed E-state index contributed by atoms with van der Waals surface area (Å²) in [5.41, 5.74) is 5.81. The highest BCUT2D eigenvalue weighted by molar-refractivity contribution is 7.17. The van der Waals surface area contributed by atoms with Crippen LogP contribution in [0.15, 0.2) is 54.6 Å². The van der Waals surface area contributed by atoms with Crippen molar-refractivity contribution in [2.24, 2.45) is 5.92 Å². The van der Waals surface area contributed by atoms with Crippen molar-refractivity contribution >= 4 is 39.1 Å². The van der Waals surface area contributed by atoms with Crippen molar-refractivity contribution in [2.75, 3.05) is 11.9 Å². The van der Waals surface area contributed by atoms with Gasteiger partial charge in [0.15, 0.2) is 0 Å². The zero-order chi connectivity index (χ0) is 26.8. The number of anilines is 1. The molecule has 0 bridgehead atoms. The van der Waals surface area contributed by atoms with Crippen LogP contribution < -0.4 is 5.32 Å². The molecule has 2 heterocycles. The second-order valence-electron chi connectivity index (χ2n) is 10.2. The van der Waals surface area contributed by atoms with E-state index < -0.39 is 0 Å². The minimum absolute atomic E-state index is 0.250. The molecule has 1 aliphatic carbocycles. The lowest BCUT2D eigenvalue weighted by Gasteiger charge is -2.20. The fraction of sp³-hybridized carbons (Fsp3) is 0.344. The molecular weight excluding hydrogens is 492 g/mol. The summed E-state index contributed by atoms with van der Waals surface area (Å²) in [7, 11) is 0. The maximum Gasteiger partial charge on any atom is 0.341 e. The van der Waals surface area contributed by atoms with Gasteiger partial charge in [0.05, 0.1) is 28.9 Å². The topological polar surface area (TPSA) is 68.3 Å². The smallest absolute Gasteiger partial charge is 0.341 e. The van der Waals surface area contributed by atoms with Crippen molar-refractivity contribution in [3.05, 3.63) is 81.7 Å². The second kappa shape index (κ2) is 11.1. The maximum absolute atomic E-state index is 13.8. The van der Waals surface area contributed by atoms with E-state index in [1.165, 1.54) is 21.8 Å². The Hall–Kier alpha value is -3.51. The molecule has 1 amide bonds. The third-order valence-electron chi connectivity index (χ3n) is 7.49. The minimum atomic E-state index is -0.360. The predicted octanol–water partition coefficient (Wildman–Crippen LogP) is 8.03. The molecule has 38 heavy (non-hydrogen) atoms. The SMILES string of the molecule is CCOC(=O)c1c(NC(=O)c2cc(-c3ccc(C(C)C)cc3)nc3ccccc23)sc2c1CC[C@@H](CC)C2. The first-order valence-corrected chi connectivity index (χ1v) is 14.3. The Labute approximate surface area is 228 Å². The van der Waals surface area contributed by atoms with Gasteiger partial charge in [0.25, 0.3) is 5.91 Å². The van der Waals surface area contributed by atoms with Crippen molar-refractivity contribution in [2.45, 2.75) is 59.3 Å². The number of nitrogens with zero attached hydrogens (tertiary/aromatic N) is 1. The Kier molecular flexibility index (Phi) is 7.61. The molecule has 2 aromatic heterocycles. The van der Waals surface area contributed by atoms with Crippen LogP contribution in [0.5, 0.6) is 0 Å². The summed E-state index contributed by atoms with van der Waals surface area (Å²) < 4.78 is 5.41. The maximum atomic E-state index is 13.8. The zero-order valence-corrected chi connectivity index (χ0v) is 23.3. The number of hydrogen-bond donors (Lipinski definition) is 1. The van der Waals surface area contributed by atoms with E-state index in [-0.39, 0.29) is 11.9 Å². The van der Waals surface area contributed by atoms with E-state index in [1.54, 1.807) is 6.92 Å². The fourth-order valence-electron chi connectivity index (χ4n) is 5.23. The van der Waals surface area contributed by atoms with Crippen molar-refractivity contribution in [3.63, 3.8) is 0 Å². The number of pyridine rings is 1. The molecule has 1 atom stereocenters. The van der Waals surface area contributed by atoms with Gasteiger partial charge in [-0.25, -0.2) is 9.78 Å². The monoisotopic (exact) mass is 526 g/mol. The van der Waals surface area contributed by atoms with Gasteiger partial charge in [0.2, 0.25) is 0 Å². The number of esters is 1. The summed E-state index contributed by atoms with van der Waals surface area (Å²) in [5.74, 6) is 0.432. The van der Waals surface area contributed by atoms with Gasteiger partial charge in [0.1, 0.15) is 5.00 Å². The number of para-hydroxylation sites is 1. The molecule has 4 aromatic rings. The lowest BCUT2D eigenvalue weighted by Crippen LogP contribution is -2.17. The minimum Gasteiger partial charge on any atom is -0.462 e. The van der Waals surface area contributed by atoms with E-state index in [0.29, 0.717) is 34.6 Å². The largest absolute Gasteiger partial charge is 0.462 e. The molecule has 0 radical (unpaired) electrons. The molecule has 2 aromatic carbocycles. The molecule has 0 unspecified atom stereocenters. The van der Waals surface area contributed by atoms with E-state index in [0.717, 1.165) is 53.4 Å². The molecule has 1 N–H and O–H groups in total. The Morgan fingerprint density at radius 2 is 1.87 bits per heavy atom. The molecular formula is C32H34N2O3S. The molecule has 0 saturated heterocycles. The number of fused-ring (bicyclic) bond motifs is 2. The summed E-state index contributed by atoms with van der Waals surface area (Å²) in [6.45, 7) is 8.64. The van der Waals surface area contributed by atoms with E-state index in [9.17, 15) is 9.59 Å². The molecule has 196 valence electrons. The lowest BCUT2D eigenvalue weighted by atomic mass is 9.85. The van der Waals surface area contributed by atoms with Crippen LogP contribution >= 0.6 is 11.3 Å². The highest BCUT2D eigenvalue weighted by Crippen LogP contribution is 2.41. The van der Waals surface area contributed by atoms with Crippen LogP contribution in [0.2, 0.25) is 0 Å². The molecule has 0 spiro atoms.